The lowest BCUT2D eigenvalue weighted by atomic mass is 9.99. The summed E-state index contributed by atoms with van der Waals surface area (Å²) in [5.74, 6) is -0.728. The zero-order valence-corrected chi connectivity index (χ0v) is 20.2. The topological polar surface area (TPSA) is 174 Å². The van der Waals surface area contributed by atoms with Crippen molar-refractivity contribution in [2.45, 2.75) is 83.9 Å². The van der Waals surface area contributed by atoms with Crippen molar-refractivity contribution in [2.75, 3.05) is 6.54 Å². The molecule has 10 nitrogen and oxygen atoms in total. The number of thiol groups is 1. The van der Waals surface area contributed by atoms with Gasteiger partial charge in [0, 0.05) is 6.92 Å². The number of carbonyl (C=O) groups is 3. The standard InChI is InChI=1S/C20H40N6O4S/c1-11(2)9-15(24-13(5)27)17(28)26-16(10-12(3)4)18(29)25-14(19(30)31)7-6-8-23-20(21)22/h11-12,14-16,19,30-31H,6-10H2,1-5H3,(H,24,27)(H,25,29)(H,26,28)(H4,21,22,23)/p+1/t14-,15-,16-,19+/m0/s1. The molecule has 0 rings (SSSR count). The van der Waals surface area contributed by atoms with Crippen LogP contribution < -0.4 is 32.4 Å². The fourth-order valence-electron chi connectivity index (χ4n) is 3.06. The van der Waals surface area contributed by atoms with Crippen LogP contribution in [-0.2, 0) is 14.4 Å². The Morgan fingerprint density at radius 2 is 1.42 bits per heavy atom. The van der Waals surface area contributed by atoms with Gasteiger partial charge in [-0.1, -0.05) is 27.7 Å². The van der Waals surface area contributed by atoms with E-state index in [-0.39, 0.29) is 23.7 Å². The van der Waals surface area contributed by atoms with Crippen LogP contribution >= 0.6 is 12.6 Å². The second kappa shape index (κ2) is 14.9. The normalized spacial score (nSPS) is 15.0. The average molecular weight is 462 g/mol. The number of carbonyl (C=O) groups excluding carboxylic acids is 3. The van der Waals surface area contributed by atoms with E-state index in [9.17, 15) is 19.5 Å². The number of aliphatic hydroxyl groups excluding tert-OH is 1. The third kappa shape index (κ3) is 13.8. The van der Waals surface area contributed by atoms with Crippen molar-refractivity contribution in [3.05, 3.63) is 0 Å². The molecule has 0 aliphatic heterocycles. The number of hydrogen-bond donors (Lipinski definition) is 8. The van der Waals surface area contributed by atoms with Gasteiger partial charge >= 0.3 is 5.96 Å². The molecule has 0 aromatic rings. The molecule has 0 unspecified atom stereocenters. The molecule has 0 aromatic carbocycles. The molecule has 0 saturated heterocycles. The predicted molar refractivity (Wildman–Crippen MR) is 124 cm³/mol. The number of rotatable bonds is 14. The van der Waals surface area contributed by atoms with Gasteiger partial charge in [0.25, 0.3) is 0 Å². The molecule has 0 bridgehead atoms. The molecule has 0 radical (unpaired) electrons. The number of guanidine groups is 1. The largest absolute Gasteiger partial charge is 0.381 e. The summed E-state index contributed by atoms with van der Waals surface area (Å²) in [6.07, 6.45) is 1.87. The van der Waals surface area contributed by atoms with Gasteiger partial charge in [-0.15, -0.1) is 12.6 Å². The monoisotopic (exact) mass is 461 g/mol. The van der Waals surface area contributed by atoms with Crippen LogP contribution in [-0.4, -0.2) is 58.9 Å². The number of nitrogens with one attached hydrogen (secondary N) is 4. The maximum atomic E-state index is 12.9. The van der Waals surface area contributed by atoms with Crippen molar-refractivity contribution >= 4 is 36.3 Å². The lowest BCUT2D eigenvalue weighted by Gasteiger charge is -2.27. The van der Waals surface area contributed by atoms with E-state index in [1.165, 1.54) is 6.92 Å². The van der Waals surface area contributed by atoms with E-state index in [0.29, 0.717) is 32.2 Å². The van der Waals surface area contributed by atoms with Gasteiger partial charge in [0.15, 0.2) is 0 Å². The van der Waals surface area contributed by atoms with Crippen molar-refractivity contribution in [3.63, 3.8) is 0 Å². The first-order chi connectivity index (χ1) is 14.3. The summed E-state index contributed by atoms with van der Waals surface area (Å²) in [7, 11) is 0. The molecule has 180 valence electrons. The predicted octanol–water partition coefficient (Wildman–Crippen LogP) is -2.06. The Balaban J connectivity index is 5.23. The van der Waals surface area contributed by atoms with Crippen LogP contribution in [0.15, 0.2) is 0 Å². The molecule has 0 aliphatic carbocycles. The molecular formula is C20H41N6O4S+. The van der Waals surface area contributed by atoms with Gasteiger partial charge in [0.2, 0.25) is 17.7 Å². The van der Waals surface area contributed by atoms with Crippen LogP contribution in [0.2, 0.25) is 0 Å². The zero-order chi connectivity index (χ0) is 24.1. The van der Waals surface area contributed by atoms with Crippen molar-refractivity contribution in [1.29, 1.82) is 0 Å². The van der Waals surface area contributed by atoms with Crippen molar-refractivity contribution in [1.82, 2.24) is 16.0 Å². The van der Waals surface area contributed by atoms with Crippen LogP contribution in [0.1, 0.15) is 60.3 Å². The van der Waals surface area contributed by atoms with E-state index in [0.717, 1.165) is 0 Å². The first-order valence-corrected chi connectivity index (χ1v) is 11.2. The number of nitrogens with two attached hydrogens (primary N) is 2. The molecule has 0 heterocycles. The minimum atomic E-state index is -1.08. The van der Waals surface area contributed by atoms with Crippen molar-refractivity contribution in [2.24, 2.45) is 23.3 Å². The fraction of sp³-hybridized carbons (Fsp3) is 0.800. The summed E-state index contributed by atoms with van der Waals surface area (Å²) >= 11 is 4.06. The highest BCUT2D eigenvalue weighted by Gasteiger charge is 2.29. The van der Waals surface area contributed by atoms with E-state index in [1.54, 1.807) is 0 Å². The molecule has 31 heavy (non-hydrogen) atoms. The summed E-state index contributed by atoms with van der Waals surface area (Å²) in [6.45, 7) is 9.61. The van der Waals surface area contributed by atoms with Gasteiger partial charge in [0.1, 0.15) is 17.5 Å². The molecule has 9 N–H and O–H groups in total. The molecule has 0 aromatic heterocycles. The van der Waals surface area contributed by atoms with Crippen LogP contribution in [0.4, 0.5) is 0 Å². The zero-order valence-electron chi connectivity index (χ0n) is 19.3. The highest BCUT2D eigenvalue weighted by molar-refractivity contribution is 7.80. The highest BCUT2D eigenvalue weighted by Crippen LogP contribution is 2.11. The van der Waals surface area contributed by atoms with E-state index in [1.807, 2.05) is 27.7 Å². The summed E-state index contributed by atoms with van der Waals surface area (Å²) < 4.78 is 0. The van der Waals surface area contributed by atoms with Crippen molar-refractivity contribution < 1.29 is 24.5 Å². The Kier molecular flexibility index (Phi) is 13.9. The number of amides is 3. The van der Waals surface area contributed by atoms with Gasteiger partial charge < -0.3 is 21.1 Å². The minimum Gasteiger partial charge on any atom is -0.381 e. The van der Waals surface area contributed by atoms with E-state index >= 15 is 0 Å². The Hall–Kier alpha value is -2.01. The average Bonchev–Trinajstić information content (AvgIpc) is 2.61. The summed E-state index contributed by atoms with van der Waals surface area (Å²) in [5, 5.41) is 18.1. The van der Waals surface area contributed by atoms with Gasteiger partial charge in [-0.3, -0.25) is 30.8 Å². The van der Waals surface area contributed by atoms with Crippen LogP contribution in [0.3, 0.4) is 0 Å². The molecule has 0 spiro atoms. The molecular weight excluding hydrogens is 420 g/mol. The Bertz CT molecular complexity index is 608. The van der Waals surface area contributed by atoms with Gasteiger partial charge in [-0.2, -0.15) is 0 Å². The van der Waals surface area contributed by atoms with E-state index in [2.05, 4.69) is 33.6 Å². The second-order valence-electron chi connectivity index (χ2n) is 8.63. The Morgan fingerprint density at radius 1 is 0.935 bits per heavy atom. The Morgan fingerprint density at radius 3 is 1.84 bits per heavy atom. The third-order valence-corrected chi connectivity index (χ3v) is 4.81. The SMILES string of the molecule is CC(=O)N[C@@H](CC(C)C)C(=O)N[C@@H](CC(C)C)C(=O)N[C@@H](CCC[NH+]=C(N)N)[C@H](O)S. The fourth-order valence-corrected chi connectivity index (χ4v) is 3.28. The summed E-state index contributed by atoms with van der Waals surface area (Å²) in [5.41, 5.74) is 9.62. The maximum absolute atomic E-state index is 12.9. The highest BCUT2D eigenvalue weighted by atomic mass is 32.1. The molecule has 0 saturated carbocycles. The molecule has 11 heteroatoms. The van der Waals surface area contributed by atoms with Gasteiger partial charge in [-0.25, -0.2) is 0 Å². The second-order valence-corrected chi connectivity index (χ2v) is 9.16. The summed E-state index contributed by atoms with van der Waals surface area (Å²) in [4.78, 5) is 40.0. The van der Waals surface area contributed by atoms with Gasteiger partial charge in [-0.05, 0) is 37.5 Å². The first-order valence-electron chi connectivity index (χ1n) is 10.7. The third-order valence-electron chi connectivity index (χ3n) is 4.45. The number of hydrogen-bond acceptors (Lipinski definition) is 5. The molecule has 4 atom stereocenters. The van der Waals surface area contributed by atoms with Gasteiger partial charge in [0.05, 0.1) is 12.6 Å². The van der Waals surface area contributed by atoms with Crippen LogP contribution in [0, 0.1) is 11.8 Å². The molecule has 0 aliphatic rings. The maximum Gasteiger partial charge on any atom is 0.338 e. The molecule has 3 amide bonds. The molecule has 0 fully saturated rings. The lowest BCUT2D eigenvalue weighted by molar-refractivity contribution is -0.459. The lowest BCUT2D eigenvalue weighted by Crippen LogP contribution is -2.78. The number of aliphatic hydroxyl groups is 1. The van der Waals surface area contributed by atoms with E-state index < -0.39 is 35.4 Å². The smallest absolute Gasteiger partial charge is 0.338 e. The minimum absolute atomic E-state index is 0.0989. The van der Waals surface area contributed by atoms with E-state index in [4.69, 9.17) is 11.5 Å². The quantitative estimate of drug-likeness (QED) is 0.0485. The summed E-state index contributed by atoms with van der Waals surface area (Å²) in [6, 6.07) is -2.16. The first kappa shape index (κ1) is 29.0. The van der Waals surface area contributed by atoms with Crippen LogP contribution in [0.25, 0.3) is 0 Å². The Labute approximate surface area is 190 Å². The van der Waals surface area contributed by atoms with Crippen LogP contribution in [0.5, 0.6) is 0 Å². The van der Waals surface area contributed by atoms with Crippen molar-refractivity contribution in [3.8, 4) is 0 Å².